The zero-order valence-electron chi connectivity index (χ0n) is 7.90. The first-order valence-corrected chi connectivity index (χ1v) is 4.50. The van der Waals surface area contributed by atoms with Crippen LogP contribution in [0.3, 0.4) is 0 Å². The van der Waals surface area contributed by atoms with E-state index in [2.05, 4.69) is 4.90 Å². The van der Waals surface area contributed by atoms with Crippen LogP contribution in [-0.2, 0) is 0 Å². The van der Waals surface area contributed by atoms with Crippen LogP contribution in [0, 0.1) is 0 Å². The molecule has 0 aliphatic heterocycles. The number of hydrogen-bond donors (Lipinski definition) is 2. The van der Waals surface area contributed by atoms with Crippen molar-refractivity contribution < 1.29 is 5.11 Å². The lowest BCUT2D eigenvalue weighted by atomic mass is 10.2. The molecule has 3 N–H and O–H groups in total. The molecular formula is C10H16N2O. The Morgan fingerprint density at radius 1 is 1.38 bits per heavy atom. The van der Waals surface area contributed by atoms with Gasteiger partial charge in [-0.05, 0) is 19.1 Å². The molecule has 1 aromatic carbocycles. The van der Waals surface area contributed by atoms with Crippen LogP contribution in [0.2, 0.25) is 0 Å². The summed E-state index contributed by atoms with van der Waals surface area (Å²) in [5.74, 6) is 0. The molecule has 0 radical (unpaired) electrons. The Morgan fingerprint density at radius 2 is 2.08 bits per heavy atom. The second-order valence-electron chi connectivity index (χ2n) is 2.86. The van der Waals surface area contributed by atoms with Crippen molar-refractivity contribution in [3.05, 3.63) is 24.3 Å². The molecule has 13 heavy (non-hydrogen) atoms. The largest absolute Gasteiger partial charge is 0.397 e. The third-order valence-electron chi connectivity index (χ3n) is 2.03. The van der Waals surface area contributed by atoms with E-state index in [4.69, 9.17) is 10.8 Å². The van der Waals surface area contributed by atoms with E-state index in [1.54, 1.807) is 0 Å². The van der Waals surface area contributed by atoms with Crippen LogP contribution in [0.15, 0.2) is 24.3 Å². The average Bonchev–Trinajstić information content (AvgIpc) is 2.16. The van der Waals surface area contributed by atoms with Crippen molar-refractivity contribution in [2.24, 2.45) is 0 Å². The Hall–Kier alpha value is -1.22. The fraction of sp³-hybridized carbons (Fsp3) is 0.400. The van der Waals surface area contributed by atoms with Gasteiger partial charge >= 0.3 is 0 Å². The lowest BCUT2D eigenvalue weighted by molar-refractivity contribution is 0.302. The highest BCUT2D eigenvalue weighted by molar-refractivity contribution is 5.67. The van der Waals surface area contributed by atoms with Crippen molar-refractivity contribution in [1.29, 1.82) is 0 Å². The van der Waals surface area contributed by atoms with Crippen LogP contribution in [0.25, 0.3) is 0 Å². The summed E-state index contributed by atoms with van der Waals surface area (Å²) in [7, 11) is 0. The van der Waals surface area contributed by atoms with E-state index in [1.165, 1.54) is 0 Å². The number of benzene rings is 1. The maximum Gasteiger partial charge on any atom is 0.0606 e. The first-order chi connectivity index (χ1) is 6.29. The predicted octanol–water partition coefficient (Wildman–Crippen LogP) is 1.09. The second kappa shape index (κ2) is 4.72. The van der Waals surface area contributed by atoms with Crippen molar-refractivity contribution in [3.8, 4) is 0 Å². The molecule has 0 unspecified atom stereocenters. The molecule has 0 bridgehead atoms. The van der Waals surface area contributed by atoms with Crippen LogP contribution in [0.4, 0.5) is 11.4 Å². The fourth-order valence-corrected chi connectivity index (χ4v) is 1.35. The molecule has 1 rings (SSSR count). The zero-order valence-corrected chi connectivity index (χ0v) is 7.90. The molecule has 3 nitrogen and oxygen atoms in total. The number of hydrogen-bond acceptors (Lipinski definition) is 3. The van der Waals surface area contributed by atoms with Crippen LogP contribution in [0.5, 0.6) is 0 Å². The standard InChI is InChI=1S/C10H16N2O/c1-2-12(7-8-13)10-6-4-3-5-9(10)11/h3-6,13H,2,7-8,11H2,1H3. The van der Waals surface area contributed by atoms with Crippen LogP contribution in [-0.4, -0.2) is 24.8 Å². The summed E-state index contributed by atoms with van der Waals surface area (Å²) >= 11 is 0. The summed E-state index contributed by atoms with van der Waals surface area (Å²) < 4.78 is 0. The first-order valence-electron chi connectivity index (χ1n) is 4.50. The molecule has 0 saturated carbocycles. The van der Waals surface area contributed by atoms with E-state index >= 15 is 0 Å². The van der Waals surface area contributed by atoms with Crippen molar-refractivity contribution in [1.82, 2.24) is 0 Å². The van der Waals surface area contributed by atoms with Crippen molar-refractivity contribution >= 4 is 11.4 Å². The van der Waals surface area contributed by atoms with Gasteiger partial charge in [0.2, 0.25) is 0 Å². The Bertz CT molecular complexity index is 263. The summed E-state index contributed by atoms with van der Waals surface area (Å²) in [5.41, 5.74) is 7.56. The van der Waals surface area contributed by atoms with E-state index in [-0.39, 0.29) is 6.61 Å². The Morgan fingerprint density at radius 3 is 2.62 bits per heavy atom. The maximum absolute atomic E-state index is 8.84. The summed E-state index contributed by atoms with van der Waals surface area (Å²) in [5, 5.41) is 8.84. The number of rotatable bonds is 4. The summed E-state index contributed by atoms with van der Waals surface area (Å²) in [4.78, 5) is 2.05. The first kappa shape index (κ1) is 9.86. The van der Waals surface area contributed by atoms with Crippen molar-refractivity contribution in [3.63, 3.8) is 0 Å². The van der Waals surface area contributed by atoms with Gasteiger partial charge in [-0.25, -0.2) is 0 Å². The summed E-state index contributed by atoms with van der Waals surface area (Å²) in [6.45, 7) is 3.68. The molecule has 0 aromatic heterocycles. The number of para-hydroxylation sites is 2. The Balaban J connectivity index is 2.84. The summed E-state index contributed by atoms with van der Waals surface area (Å²) in [6, 6.07) is 7.70. The molecule has 1 aromatic rings. The van der Waals surface area contributed by atoms with Gasteiger partial charge in [0.05, 0.1) is 18.0 Å². The number of likely N-dealkylation sites (N-methyl/N-ethyl adjacent to an activating group) is 1. The third-order valence-corrected chi connectivity index (χ3v) is 2.03. The molecule has 72 valence electrons. The molecule has 0 aliphatic carbocycles. The monoisotopic (exact) mass is 180 g/mol. The van der Waals surface area contributed by atoms with Gasteiger partial charge in [0.1, 0.15) is 0 Å². The topological polar surface area (TPSA) is 49.5 Å². The number of nitrogen functional groups attached to an aromatic ring is 1. The van der Waals surface area contributed by atoms with E-state index < -0.39 is 0 Å². The van der Waals surface area contributed by atoms with E-state index in [0.29, 0.717) is 6.54 Å². The number of nitrogens with zero attached hydrogens (tertiary/aromatic N) is 1. The van der Waals surface area contributed by atoms with Crippen LogP contribution in [0.1, 0.15) is 6.92 Å². The van der Waals surface area contributed by atoms with Gasteiger partial charge < -0.3 is 15.7 Å². The normalized spacial score (nSPS) is 10.0. The molecule has 0 heterocycles. The summed E-state index contributed by atoms with van der Waals surface area (Å²) in [6.07, 6.45) is 0. The number of anilines is 2. The Labute approximate surface area is 78.8 Å². The van der Waals surface area contributed by atoms with Gasteiger partial charge in [-0.15, -0.1) is 0 Å². The van der Waals surface area contributed by atoms with Gasteiger partial charge in [-0.3, -0.25) is 0 Å². The quantitative estimate of drug-likeness (QED) is 0.682. The van der Waals surface area contributed by atoms with E-state index in [1.807, 2.05) is 31.2 Å². The minimum Gasteiger partial charge on any atom is -0.397 e. The highest BCUT2D eigenvalue weighted by Crippen LogP contribution is 2.21. The third kappa shape index (κ3) is 2.36. The molecule has 0 amide bonds. The minimum atomic E-state index is 0.155. The number of nitrogens with two attached hydrogens (primary N) is 1. The zero-order chi connectivity index (χ0) is 9.68. The van der Waals surface area contributed by atoms with Crippen LogP contribution < -0.4 is 10.6 Å². The van der Waals surface area contributed by atoms with Gasteiger partial charge in [0.25, 0.3) is 0 Å². The highest BCUT2D eigenvalue weighted by Gasteiger charge is 2.05. The predicted molar refractivity (Wildman–Crippen MR) is 55.8 cm³/mol. The van der Waals surface area contributed by atoms with E-state index in [9.17, 15) is 0 Å². The van der Waals surface area contributed by atoms with Gasteiger partial charge in [0, 0.05) is 13.1 Å². The SMILES string of the molecule is CCN(CCO)c1ccccc1N. The molecule has 0 spiro atoms. The molecular weight excluding hydrogens is 164 g/mol. The van der Waals surface area contributed by atoms with Crippen molar-refractivity contribution in [2.75, 3.05) is 30.3 Å². The van der Waals surface area contributed by atoms with Gasteiger partial charge in [-0.2, -0.15) is 0 Å². The lowest BCUT2D eigenvalue weighted by Crippen LogP contribution is -2.26. The molecule has 3 heteroatoms. The second-order valence-corrected chi connectivity index (χ2v) is 2.86. The molecule has 0 saturated heterocycles. The minimum absolute atomic E-state index is 0.155. The molecule has 0 fully saturated rings. The van der Waals surface area contributed by atoms with Crippen LogP contribution >= 0.6 is 0 Å². The lowest BCUT2D eigenvalue weighted by Gasteiger charge is -2.23. The fourth-order valence-electron chi connectivity index (χ4n) is 1.35. The number of aliphatic hydroxyl groups excluding tert-OH is 1. The van der Waals surface area contributed by atoms with Gasteiger partial charge in [0.15, 0.2) is 0 Å². The van der Waals surface area contributed by atoms with E-state index in [0.717, 1.165) is 17.9 Å². The smallest absolute Gasteiger partial charge is 0.0606 e. The maximum atomic E-state index is 8.84. The van der Waals surface area contributed by atoms with Crippen molar-refractivity contribution in [2.45, 2.75) is 6.92 Å². The Kier molecular flexibility index (Phi) is 3.58. The highest BCUT2D eigenvalue weighted by atomic mass is 16.3. The van der Waals surface area contributed by atoms with Gasteiger partial charge in [-0.1, -0.05) is 12.1 Å². The molecule has 0 atom stereocenters. The average molecular weight is 180 g/mol. The molecule has 0 aliphatic rings. The number of aliphatic hydroxyl groups is 1.